The molecule has 6 heteroatoms. The summed E-state index contributed by atoms with van der Waals surface area (Å²) in [6, 6.07) is 3.63. The summed E-state index contributed by atoms with van der Waals surface area (Å²) in [7, 11) is 0. The highest BCUT2D eigenvalue weighted by Crippen LogP contribution is 2.27. The van der Waals surface area contributed by atoms with Crippen LogP contribution >= 0.6 is 0 Å². The van der Waals surface area contributed by atoms with Crippen LogP contribution in [-0.2, 0) is 4.79 Å². The Labute approximate surface area is 110 Å². The van der Waals surface area contributed by atoms with Gasteiger partial charge in [0.25, 0.3) is 0 Å². The summed E-state index contributed by atoms with van der Waals surface area (Å²) in [4.78, 5) is 23.1. The molecular weight excluding hydrogens is 248 g/mol. The Morgan fingerprint density at radius 2 is 2.05 bits per heavy atom. The van der Waals surface area contributed by atoms with E-state index in [1.165, 1.54) is 12.1 Å². The first-order valence-corrected chi connectivity index (χ1v) is 6.12. The normalized spacial score (nSPS) is 22.2. The third-order valence-corrected chi connectivity index (χ3v) is 3.40. The van der Waals surface area contributed by atoms with E-state index >= 15 is 0 Å². The lowest BCUT2D eigenvalue weighted by Gasteiger charge is -2.16. The second-order valence-corrected chi connectivity index (χ2v) is 4.73. The number of carbonyl (C=O) groups excluding carboxylic acids is 1. The van der Waals surface area contributed by atoms with Crippen LogP contribution in [0.4, 0.5) is 5.69 Å². The summed E-state index contributed by atoms with van der Waals surface area (Å²) in [6.45, 7) is 0. The van der Waals surface area contributed by atoms with Crippen molar-refractivity contribution >= 4 is 17.6 Å². The van der Waals surface area contributed by atoms with Crippen LogP contribution < -0.4 is 11.1 Å². The largest absolute Gasteiger partial charge is 0.508 e. The number of carboxylic acids is 1. The Bertz CT molecular complexity index is 515. The van der Waals surface area contributed by atoms with E-state index in [-0.39, 0.29) is 34.9 Å². The zero-order valence-electron chi connectivity index (χ0n) is 10.3. The van der Waals surface area contributed by atoms with Crippen LogP contribution in [0.5, 0.6) is 5.75 Å². The van der Waals surface area contributed by atoms with Gasteiger partial charge >= 0.3 is 5.97 Å². The summed E-state index contributed by atoms with van der Waals surface area (Å²) < 4.78 is 0. The molecule has 0 heterocycles. The first-order chi connectivity index (χ1) is 8.99. The number of amides is 1. The number of aromatic carboxylic acids is 1. The summed E-state index contributed by atoms with van der Waals surface area (Å²) in [5, 5.41) is 20.9. The van der Waals surface area contributed by atoms with Crippen molar-refractivity contribution in [3.8, 4) is 5.75 Å². The van der Waals surface area contributed by atoms with Gasteiger partial charge in [0.05, 0.1) is 17.2 Å². The molecule has 1 aromatic carbocycles. The molecule has 1 aliphatic carbocycles. The summed E-state index contributed by atoms with van der Waals surface area (Å²) in [5.41, 5.74) is 5.87. The van der Waals surface area contributed by atoms with Crippen LogP contribution in [0.2, 0.25) is 0 Å². The number of rotatable bonds is 3. The van der Waals surface area contributed by atoms with Crippen LogP contribution in [0, 0.1) is 5.92 Å². The Hall–Kier alpha value is -2.08. The van der Waals surface area contributed by atoms with Crippen LogP contribution in [0.15, 0.2) is 18.2 Å². The second-order valence-electron chi connectivity index (χ2n) is 4.73. The minimum atomic E-state index is -1.21. The summed E-state index contributed by atoms with van der Waals surface area (Å²) in [5.74, 6) is -1.91. The van der Waals surface area contributed by atoms with Crippen LogP contribution in [0.25, 0.3) is 0 Å². The van der Waals surface area contributed by atoms with Gasteiger partial charge in [-0.1, -0.05) is 6.42 Å². The van der Waals surface area contributed by atoms with Crippen molar-refractivity contribution in [2.24, 2.45) is 11.7 Å². The number of nitrogens with two attached hydrogens (primary N) is 1. The number of phenolic OH excluding ortho intramolecular Hbond substituents is 1. The van der Waals surface area contributed by atoms with E-state index in [0.717, 1.165) is 18.9 Å². The fourth-order valence-corrected chi connectivity index (χ4v) is 2.36. The van der Waals surface area contributed by atoms with E-state index in [1.54, 1.807) is 0 Å². The number of hydrogen-bond acceptors (Lipinski definition) is 4. The molecule has 1 saturated carbocycles. The number of hydrogen-bond donors (Lipinski definition) is 4. The van der Waals surface area contributed by atoms with Crippen molar-refractivity contribution in [1.82, 2.24) is 0 Å². The first-order valence-electron chi connectivity index (χ1n) is 6.12. The lowest BCUT2D eigenvalue weighted by molar-refractivity contribution is -0.120. The number of benzene rings is 1. The average Bonchev–Trinajstić information content (AvgIpc) is 2.77. The number of aromatic hydroxyl groups is 1. The van der Waals surface area contributed by atoms with Gasteiger partial charge in [0, 0.05) is 6.04 Å². The Morgan fingerprint density at radius 1 is 1.32 bits per heavy atom. The van der Waals surface area contributed by atoms with E-state index in [0.29, 0.717) is 6.42 Å². The van der Waals surface area contributed by atoms with Crippen molar-refractivity contribution in [3.05, 3.63) is 23.8 Å². The molecule has 6 nitrogen and oxygen atoms in total. The molecule has 2 unspecified atom stereocenters. The smallest absolute Gasteiger partial charge is 0.337 e. The molecule has 19 heavy (non-hydrogen) atoms. The maximum atomic E-state index is 12.0. The number of nitrogens with one attached hydrogen (secondary N) is 1. The predicted molar refractivity (Wildman–Crippen MR) is 69.0 cm³/mol. The molecule has 102 valence electrons. The van der Waals surface area contributed by atoms with Crippen molar-refractivity contribution < 1.29 is 19.8 Å². The topological polar surface area (TPSA) is 113 Å². The fraction of sp³-hybridized carbons (Fsp3) is 0.385. The number of carboxylic acid groups (broad SMARTS) is 1. The van der Waals surface area contributed by atoms with Gasteiger partial charge in [-0.05, 0) is 31.0 Å². The minimum absolute atomic E-state index is 0.139. The first kappa shape index (κ1) is 13.4. The molecule has 0 spiro atoms. The van der Waals surface area contributed by atoms with Crippen molar-refractivity contribution in [1.29, 1.82) is 0 Å². The van der Waals surface area contributed by atoms with Gasteiger partial charge < -0.3 is 21.3 Å². The van der Waals surface area contributed by atoms with E-state index in [9.17, 15) is 14.7 Å². The summed E-state index contributed by atoms with van der Waals surface area (Å²) >= 11 is 0. The molecule has 2 rings (SSSR count). The van der Waals surface area contributed by atoms with Crippen molar-refractivity contribution in [2.45, 2.75) is 25.3 Å². The third kappa shape index (κ3) is 2.85. The van der Waals surface area contributed by atoms with E-state index in [2.05, 4.69) is 5.32 Å². The highest BCUT2D eigenvalue weighted by atomic mass is 16.4. The Balaban J connectivity index is 2.19. The average molecular weight is 264 g/mol. The van der Waals surface area contributed by atoms with Crippen molar-refractivity contribution in [2.75, 3.05) is 5.32 Å². The fourth-order valence-electron chi connectivity index (χ4n) is 2.36. The molecule has 0 saturated heterocycles. The van der Waals surface area contributed by atoms with Gasteiger partial charge in [0.15, 0.2) is 0 Å². The monoisotopic (exact) mass is 264 g/mol. The van der Waals surface area contributed by atoms with Crippen LogP contribution in [0.3, 0.4) is 0 Å². The number of phenols is 1. The molecule has 0 aromatic heterocycles. The molecule has 1 aromatic rings. The standard InChI is InChI=1S/C13H16N2O4/c14-10-3-1-2-8(10)12(17)15-11-5-4-7(16)6-9(11)13(18)19/h4-6,8,10,16H,1-3,14H2,(H,15,17)(H,18,19). The van der Waals surface area contributed by atoms with Gasteiger partial charge in [0.2, 0.25) is 5.91 Å². The Morgan fingerprint density at radius 3 is 2.63 bits per heavy atom. The molecule has 0 aliphatic heterocycles. The van der Waals surface area contributed by atoms with Gasteiger partial charge in [-0.25, -0.2) is 4.79 Å². The van der Waals surface area contributed by atoms with Gasteiger partial charge in [-0.15, -0.1) is 0 Å². The maximum Gasteiger partial charge on any atom is 0.337 e. The van der Waals surface area contributed by atoms with Crippen LogP contribution in [0.1, 0.15) is 29.6 Å². The van der Waals surface area contributed by atoms with E-state index in [4.69, 9.17) is 10.8 Å². The van der Waals surface area contributed by atoms with Gasteiger partial charge in [-0.3, -0.25) is 4.79 Å². The lowest BCUT2D eigenvalue weighted by Crippen LogP contribution is -2.34. The summed E-state index contributed by atoms with van der Waals surface area (Å²) in [6.07, 6.45) is 2.42. The van der Waals surface area contributed by atoms with Gasteiger partial charge in [0.1, 0.15) is 5.75 Å². The maximum absolute atomic E-state index is 12.0. The minimum Gasteiger partial charge on any atom is -0.508 e. The van der Waals surface area contributed by atoms with Crippen LogP contribution in [-0.4, -0.2) is 28.1 Å². The molecule has 0 radical (unpaired) electrons. The molecule has 5 N–H and O–H groups in total. The molecule has 1 fully saturated rings. The predicted octanol–water partition coefficient (Wildman–Crippen LogP) is 1.16. The Kier molecular flexibility index (Phi) is 3.71. The second kappa shape index (κ2) is 5.27. The SMILES string of the molecule is NC1CCCC1C(=O)Nc1ccc(O)cc1C(=O)O. The zero-order valence-corrected chi connectivity index (χ0v) is 10.3. The van der Waals surface area contributed by atoms with E-state index < -0.39 is 5.97 Å². The number of carbonyl (C=O) groups is 2. The van der Waals surface area contributed by atoms with Crippen molar-refractivity contribution in [3.63, 3.8) is 0 Å². The third-order valence-electron chi connectivity index (χ3n) is 3.40. The molecule has 1 aliphatic rings. The molecular formula is C13H16N2O4. The molecule has 1 amide bonds. The number of anilines is 1. The highest BCUT2D eigenvalue weighted by molar-refractivity contribution is 6.01. The lowest BCUT2D eigenvalue weighted by atomic mass is 10.0. The zero-order chi connectivity index (χ0) is 14.0. The molecule has 0 bridgehead atoms. The highest BCUT2D eigenvalue weighted by Gasteiger charge is 2.30. The molecule has 2 atom stereocenters. The van der Waals surface area contributed by atoms with E-state index in [1.807, 2.05) is 0 Å². The van der Waals surface area contributed by atoms with Gasteiger partial charge in [-0.2, -0.15) is 0 Å². The quantitative estimate of drug-likeness (QED) is 0.612.